The van der Waals surface area contributed by atoms with Gasteiger partial charge in [-0.1, -0.05) is 6.92 Å². The van der Waals surface area contributed by atoms with E-state index in [2.05, 4.69) is 13.8 Å². The van der Waals surface area contributed by atoms with E-state index in [0.717, 1.165) is 0 Å². The van der Waals surface area contributed by atoms with Gasteiger partial charge in [0, 0.05) is 0 Å². The van der Waals surface area contributed by atoms with Crippen LogP contribution in [0, 0.1) is 0 Å². The molecular weight excluding hydrogens is 333 g/mol. The van der Waals surface area contributed by atoms with Crippen LogP contribution in [0.2, 0.25) is 0 Å². The van der Waals surface area contributed by atoms with Crippen molar-refractivity contribution in [2.75, 3.05) is 19.8 Å². The number of hydrogen-bond donors (Lipinski definition) is 0. The molecule has 0 saturated heterocycles. The first-order valence-corrected chi connectivity index (χ1v) is 6.89. The van der Waals surface area contributed by atoms with Crippen molar-refractivity contribution in [2.45, 2.75) is 26.2 Å². The minimum absolute atomic E-state index is 0.227. The molecule has 0 aromatic rings. The van der Waals surface area contributed by atoms with Crippen molar-refractivity contribution in [1.82, 2.24) is 0 Å². The number of rotatable bonds is 7. The van der Waals surface area contributed by atoms with Gasteiger partial charge in [-0.15, -0.1) is 0 Å². The zero-order valence-corrected chi connectivity index (χ0v) is 11.8. The van der Waals surface area contributed by atoms with Gasteiger partial charge >= 0.3 is 19.9 Å². The third-order valence-corrected chi connectivity index (χ3v) is 3.72. The lowest BCUT2D eigenvalue weighted by Crippen LogP contribution is -2.21. The molecule has 0 aliphatic rings. The molecule has 126 valence electrons. The Morgan fingerprint density at radius 1 is 1.05 bits per heavy atom. The van der Waals surface area contributed by atoms with E-state index in [0.29, 0.717) is 6.92 Å². The first-order valence-electron chi connectivity index (χ1n) is 5.34. The van der Waals surface area contributed by atoms with Gasteiger partial charge in [-0.05, 0) is 13.5 Å². The van der Waals surface area contributed by atoms with Gasteiger partial charge in [-0.2, -0.15) is 26.3 Å². The van der Waals surface area contributed by atoms with Gasteiger partial charge in [0.25, 0.3) is 0 Å². The molecule has 0 spiro atoms. The Morgan fingerprint density at radius 2 is 1.43 bits per heavy atom. The summed E-state index contributed by atoms with van der Waals surface area (Å²) in [6.07, 6.45) is -9.93. The lowest BCUT2D eigenvalue weighted by atomic mass is 10.7. The minimum Gasteiger partial charge on any atom is -0.613 e. The summed E-state index contributed by atoms with van der Waals surface area (Å²) < 4.78 is 96.2. The second-order valence-electron chi connectivity index (χ2n) is 3.58. The van der Waals surface area contributed by atoms with Crippen molar-refractivity contribution in [3.8, 4) is 0 Å². The molecule has 0 heterocycles. The summed E-state index contributed by atoms with van der Waals surface area (Å²) in [6, 6.07) is 0. The van der Waals surface area contributed by atoms with Gasteiger partial charge in [-0.25, -0.2) is 0 Å². The van der Waals surface area contributed by atoms with Crippen molar-refractivity contribution < 1.29 is 49.8 Å². The average molecular weight is 345 g/mol. The highest BCUT2D eigenvalue weighted by atomic mass is 31.2. The molecule has 12 heteroatoms. The minimum atomic E-state index is -5.09. The molecule has 0 radical (unpaired) electrons. The quantitative estimate of drug-likeness (QED) is 0.403. The SMILES string of the molecule is CCO/C([O-])=C(\C)P(=O)(OCC(F)(F)F)OCC(F)(F)F. The molecule has 0 atom stereocenters. The Hall–Kier alpha value is -0.930. The van der Waals surface area contributed by atoms with Gasteiger partial charge in [0.2, 0.25) is 0 Å². The molecule has 0 aliphatic heterocycles. The van der Waals surface area contributed by atoms with E-state index in [-0.39, 0.29) is 6.61 Å². The van der Waals surface area contributed by atoms with Crippen LogP contribution in [0.3, 0.4) is 0 Å². The van der Waals surface area contributed by atoms with Crippen molar-refractivity contribution >= 4 is 7.60 Å². The van der Waals surface area contributed by atoms with E-state index in [1.54, 1.807) is 0 Å². The van der Waals surface area contributed by atoms with E-state index < -0.39 is 44.4 Å². The van der Waals surface area contributed by atoms with Crippen LogP contribution in [0.25, 0.3) is 0 Å². The topological polar surface area (TPSA) is 67.8 Å². The molecule has 5 nitrogen and oxygen atoms in total. The second kappa shape index (κ2) is 7.37. The van der Waals surface area contributed by atoms with Crippen molar-refractivity contribution in [1.29, 1.82) is 0 Å². The van der Waals surface area contributed by atoms with Crippen LogP contribution < -0.4 is 5.11 Å². The Morgan fingerprint density at radius 3 is 1.71 bits per heavy atom. The predicted octanol–water partition coefficient (Wildman–Crippen LogP) is 2.92. The van der Waals surface area contributed by atoms with E-state index in [4.69, 9.17) is 0 Å². The standard InChI is InChI=1S/C9H13F6O5P/c1-3-18-7(16)6(2)21(17,19-4-8(10,11)12)20-5-9(13,14)15/h16H,3-5H2,1-2H3/p-1/b7-6+. The van der Waals surface area contributed by atoms with Gasteiger partial charge in [0.05, 0.1) is 11.3 Å². The fourth-order valence-electron chi connectivity index (χ4n) is 0.895. The summed E-state index contributed by atoms with van der Waals surface area (Å²) in [5.41, 5.74) is 0. The number of ether oxygens (including phenoxy) is 1. The van der Waals surface area contributed by atoms with Crippen molar-refractivity contribution in [2.24, 2.45) is 0 Å². The maximum absolute atomic E-state index is 12.0. The van der Waals surface area contributed by atoms with Gasteiger partial charge in [0.1, 0.15) is 0 Å². The number of hydrogen-bond acceptors (Lipinski definition) is 5. The van der Waals surface area contributed by atoms with Crippen LogP contribution in [0.1, 0.15) is 13.8 Å². The Kier molecular flexibility index (Phi) is 7.04. The molecule has 0 aromatic heterocycles. The van der Waals surface area contributed by atoms with Gasteiger partial charge in [0.15, 0.2) is 13.2 Å². The molecule has 0 bridgehead atoms. The molecule has 0 aliphatic carbocycles. The van der Waals surface area contributed by atoms with Crippen LogP contribution in [-0.2, 0) is 18.3 Å². The van der Waals surface area contributed by atoms with Crippen LogP contribution in [0.4, 0.5) is 26.3 Å². The molecule has 0 fully saturated rings. The number of halogens is 6. The summed E-state index contributed by atoms with van der Waals surface area (Å²) in [5.74, 6) is -1.37. The Balaban J connectivity index is 5.26. The summed E-state index contributed by atoms with van der Waals surface area (Å²) in [4.78, 5) is 0. The zero-order chi connectivity index (χ0) is 16.9. The predicted molar refractivity (Wildman–Crippen MR) is 55.9 cm³/mol. The normalized spacial score (nSPS) is 14.9. The summed E-state index contributed by atoms with van der Waals surface area (Å²) >= 11 is 0. The summed E-state index contributed by atoms with van der Waals surface area (Å²) in [7, 11) is -5.09. The van der Waals surface area contributed by atoms with Crippen LogP contribution in [0.15, 0.2) is 11.3 Å². The lowest BCUT2D eigenvalue weighted by molar-refractivity contribution is -0.357. The van der Waals surface area contributed by atoms with Crippen molar-refractivity contribution in [3.63, 3.8) is 0 Å². The van der Waals surface area contributed by atoms with E-state index in [1.165, 1.54) is 6.92 Å². The van der Waals surface area contributed by atoms with E-state index >= 15 is 0 Å². The maximum atomic E-state index is 12.0. The lowest BCUT2D eigenvalue weighted by Gasteiger charge is -2.24. The second-order valence-corrected chi connectivity index (χ2v) is 5.76. The Bertz CT molecular complexity index is 394. The monoisotopic (exact) mass is 345 g/mol. The molecule has 21 heavy (non-hydrogen) atoms. The highest BCUT2D eigenvalue weighted by Crippen LogP contribution is 2.57. The Labute approximate surface area is 116 Å². The van der Waals surface area contributed by atoms with Gasteiger partial charge in [-0.3, -0.25) is 13.6 Å². The van der Waals surface area contributed by atoms with Gasteiger partial charge < -0.3 is 9.84 Å². The molecule has 0 saturated carbocycles. The fourth-order valence-corrected chi connectivity index (χ4v) is 2.28. The molecule has 0 aromatic carbocycles. The molecule has 0 N–H and O–H groups in total. The molecular formula is C9H12F6O5P-. The van der Waals surface area contributed by atoms with E-state index in [1.807, 2.05) is 0 Å². The van der Waals surface area contributed by atoms with E-state index in [9.17, 15) is 36.0 Å². The first kappa shape index (κ1) is 20.1. The van der Waals surface area contributed by atoms with Crippen LogP contribution >= 0.6 is 7.60 Å². The number of alkyl halides is 6. The summed E-state index contributed by atoms with van der Waals surface area (Å²) in [5, 5.41) is 10.3. The highest BCUT2D eigenvalue weighted by Gasteiger charge is 2.40. The maximum Gasteiger partial charge on any atom is 0.412 e. The first-order chi connectivity index (χ1) is 9.31. The highest BCUT2D eigenvalue weighted by molar-refractivity contribution is 7.58. The largest absolute Gasteiger partial charge is 0.613 e. The van der Waals surface area contributed by atoms with Crippen LogP contribution in [-0.4, -0.2) is 32.2 Å². The molecule has 0 amide bonds. The number of allylic oxidation sites excluding steroid dienone is 1. The third-order valence-electron chi connectivity index (χ3n) is 1.78. The smallest absolute Gasteiger partial charge is 0.412 e. The van der Waals surface area contributed by atoms with Crippen molar-refractivity contribution in [3.05, 3.63) is 11.3 Å². The summed E-state index contributed by atoms with van der Waals surface area (Å²) in [6.45, 7) is -2.46. The van der Waals surface area contributed by atoms with Crippen LogP contribution in [0.5, 0.6) is 0 Å². The zero-order valence-electron chi connectivity index (χ0n) is 10.9. The third kappa shape index (κ3) is 8.18. The molecule has 0 unspecified atom stereocenters. The average Bonchev–Trinajstić information content (AvgIpc) is 2.31. The molecule has 0 rings (SSSR count). The fraction of sp³-hybridized carbons (Fsp3) is 0.778.